The fourth-order valence-electron chi connectivity index (χ4n) is 2.96. The zero-order valence-electron chi connectivity index (χ0n) is 16.1. The lowest BCUT2D eigenvalue weighted by Gasteiger charge is -2.11. The Balaban J connectivity index is 1.41. The molecule has 7 nitrogen and oxygen atoms in total. The predicted octanol–water partition coefficient (Wildman–Crippen LogP) is 5.41. The number of thioether (sulfide) groups is 1. The highest BCUT2D eigenvalue weighted by molar-refractivity contribution is 8.19. The Morgan fingerprint density at radius 3 is 2.26 bits per heavy atom. The number of carbonyl (C=O) groups is 2. The van der Waals surface area contributed by atoms with E-state index in [1.165, 1.54) is 12.1 Å². The highest BCUT2D eigenvalue weighted by Crippen LogP contribution is 2.35. The number of hydrogen-bond acceptors (Lipinski definition) is 6. The Labute approximate surface area is 182 Å². The smallest absolute Gasteiger partial charge is 0.298 e. The van der Waals surface area contributed by atoms with Crippen molar-refractivity contribution in [2.24, 2.45) is 0 Å². The van der Waals surface area contributed by atoms with Crippen molar-refractivity contribution in [3.05, 3.63) is 105 Å². The van der Waals surface area contributed by atoms with Gasteiger partial charge in [-0.2, -0.15) is 0 Å². The number of non-ortho nitro benzene ring substituents is 1. The number of benzene rings is 3. The third-order valence-electron chi connectivity index (χ3n) is 4.54. The van der Waals surface area contributed by atoms with Crippen molar-refractivity contribution in [2.75, 3.05) is 4.90 Å². The van der Waals surface area contributed by atoms with Gasteiger partial charge in [-0.15, -0.1) is 0 Å². The molecular weight excluding hydrogens is 416 g/mol. The van der Waals surface area contributed by atoms with Crippen molar-refractivity contribution < 1.29 is 19.2 Å². The van der Waals surface area contributed by atoms with E-state index in [-0.39, 0.29) is 23.4 Å². The maximum atomic E-state index is 12.7. The van der Waals surface area contributed by atoms with E-state index in [9.17, 15) is 19.7 Å². The van der Waals surface area contributed by atoms with E-state index in [1.54, 1.807) is 66.7 Å². The summed E-state index contributed by atoms with van der Waals surface area (Å²) in [4.78, 5) is 36.7. The molecule has 31 heavy (non-hydrogen) atoms. The first-order valence-corrected chi connectivity index (χ1v) is 10.1. The van der Waals surface area contributed by atoms with Crippen molar-refractivity contribution in [3.63, 3.8) is 0 Å². The van der Waals surface area contributed by atoms with Gasteiger partial charge in [0.1, 0.15) is 12.4 Å². The van der Waals surface area contributed by atoms with Gasteiger partial charge in [-0.05, 0) is 65.4 Å². The average molecular weight is 432 g/mol. The molecular formula is C23H16N2O5S. The average Bonchev–Trinajstić information content (AvgIpc) is 3.07. The van der Waals surface area contributed by atoms with Crippen LogP contribution in [0.25, 0.3) is 6.08 Å². The van der Waals surface area contributed by atoms with E-state index in [4.69, 9.17) is 4.74 Å². The molecule has 0 spiro atoms. The van der Waals surface area contributed by atoms with E-state index >= 15 is 0 Å². The Kier molecular flexibility index (Phi) is 5.81. The summed E-state index contributed by atoms with van der Waals surface area (Å²) >= 11 is 0.906. The molecule has 0 aromatic heterocycles. The molecule has 3 aromatic carbocycles. The van der Waals surface area contributed by atoms with Crippen LogP contribution >= 0.6 is 11.8 Å². The summed E-state index contributed by atoms with van der Waals surface area (Å²) in [6, 6.07) is 22.1. The Hall–Kier alpha value is -3.91. The Morgan fingerprint density at radius 2 is 1.61 bits per heavy atom. The second-order valence-corrected chi connectivity index (χ2v) is 7.63. The van der Waals surface area contributed by atoms with Crippen LogP contribution in [0.2, 0.25) is 0 Å². The topological polar surface area (TPSA) is 89.7 Å². The van der Waals surface area contributed by atoms with Crippen LogP contribution in [0.4, 0.5) is 16.2 Å². The van der Waals surface area contributed by atoms with Gasteiger partial charge < -0.3 is 4.74 Å². The van der Waals surface area contributed by atoms with Crippen molar-refractivity contribution in [1.82, 2.24) is 0 Å². The first-order valence-electron chi connectivity index (χ1n) is 9.30. The predicted molar refractivity (Wildman–Crippen MR) is 119 cm³/mol. The monoisotopic (exact) mass is 432 g/mol. The van der Waals surface area contributed by atoms with Crippen molar-refractivity contribution in [3.8, 4) is 5.75 Å². The second-order valence-electron chi connectivity index (χ2n) is 6.63. The lowest BCUT2D eigenvalue weighted by molar-refractivity contribution is -0.384. The molecule has 0 bridgehead atoms. The van der Waals surface area contributed by atoms with Crippen molar-refractivity contribution in [1.29, 1.82) is 0 Å². The fraction of sp³-hybridized carbons (Fsp3) is 0.0435. The van der Waals surface area contributed by atoms with Gasteiger partial charge in [-0.3, -0.25) is 19.7 Å². The quantitative estimate of drug-likeness (QED) is 0.294. The van der Waals surface area contributed by atoms with E-state index < -0.39 is 4.92 Å². The van der Waals surface area contributed by atoms with Crippen LogP contribution in [-0.4, -0.2) is 16.1 Å². The number of nitro benzene ring substituents is 1. The molecule has 1 saturated heterocycles. The van der Waals surface area contributed by atoms with Gasteiger partial charge in [0.05, 0.1) is 15.5 Å². The summed E-state index contributed by atoms with van der Waals surface area (Å²) in [6.45, 7) is 0.271. The summed E-state index contributed by atoms with van der Waals surface area (Å²) in [5, 5.41) is 10.4. The third-order valence-corrected chi connectivity index (χ3v) is 5.41. The van der Waals surface area contributed by atoms with Gasteiger partial charge in [0, 0.05) is 12.1 Å². The van der Waals surface area contributed by atoms with Crippen LogP contribution in [0.3, 0.4) is 0 Å². The standard InChI is InChI=1S/C23H16N2O5S/c26-22-21(31-23(27)24(22)18-4-2-1-3-5-18)14-16-8-12-20(13-9-16)30-15-17-6-10-19(11-7-17)25(28)29/h1-14H,15H2/b21-14-. The SMILES string of the molecule is O=C1S/C(=C\c2ccc(OCc3ccc([N+](=O)[O-])cc3)cc2)C(=O)N1c1ccccc1. The number of nitro groups is 1. The van der Waals surface area contributed by atoms with Crippen LogP contribution in [0.5, 0.6) is 5.75 Å². The molecule has 1 aliphatic heterocycles. The van der Waals surface area contributed by atoms with E-state index in [1.807, 2.05) is 6.07 Å². The molecule has 1 fully saturated rings. The summed E-state index contributed by atoms with van der Waals surface area (Å²) < 4.78 is 5.71. The van der Waals surface area contributed by atoms with Crippen molar-refractivity contribution in [2.45, 2.75) is 6.61 Å². The Bertz CT molecular complexity index is 1160. The van der Waals surface area contributed by atoms with Crippen LogP contribution in [-0.2, 0) is 11.4 Å². The number of carbonyl (C=O) groups excluding carboxylic acids is 2. The van der Waals surface area contributed by atoms with Crippen LogP contribution < -0.4 is 9.64 Å². The number of nitrogens with zero attached hydrogens (tertiary/aromatic N) is 2. The fourth-order valence-corrected chi connectivity index (χ4v) is 3.80. The lowest BCUT2D eigenvalue weighted by Crippen LogP contribution is -2.27. The van der Waals surface area contributed by atoms with Crippen LogP contribution in [0.1, 0.15) is 11.1 Å². The maximum absolute atomic E-state index is 12.7. The number of imide groups is 1. The summed E-state index contributed by atoms with van der Waals surface area (Å²) in [6.07, 6.45) is 1.67. The van der Waals surface area contributed by atoms with E-state index in [2.05, 4.69) is 0 Å². The maximum Gasteiger partial charge on any atom is 0.298 e. The van der Waals surface area contributed by atoms with E-state index in [0.29, 0.717) is 16.3 Å². The van der Waals surface area contributed by atoms with E-state index in [0.717, 1.165) is 27.8 Å². The largest absolute Gasteiger partial charge is 0.489 e. The zero-order valence-corrected chi connectivity index (χ0v) is 17.0. The number of anilines is 1. The minimum Gasteiger partial charge on any atom is -0.489 e. The lowest BCUT2D eigenvalue weighted by atomic mass is 10.2. The highest BCUT2D eigenvalue weighted by atomic mass is 32.2. The summed E-state index contributed by atoms with van der Waals surface area (Å²) in [5.41, 5.74) is 2.15. The Morgan fingerprint density at radius 1 is 0.935 bits per heavy atom. The van der Waals surface area contributed by atoms with Gasteiger partial charge in [0.25, 0.3) is 16.8 Å². The number of amides is 2. The molecule has 1 heterocycles. The molecule has 1 aliphatic rings. The molecule has 0 aliphatic carbocycles. The second kappa shape index (κ2) is 8.85. The first kappa shape index (κ1) is 20.4. The number of rotatable bonds is 6. The van der Waals surface area contributed by atoms with Gasteiger partial charge in [0.2, 0.25) is 0 Å². The normalized spacial score (nSPS) is 14.8. The van der Waals surface area contributed by atoms with Gasteiger partial charge in [-0.25, -0.2) is 4.90 Å². The molecule has 0 atom stereocenters. The number of ether oxygens (including phenoxy) is 1. The van der Waals surface area contributed by atoms with Crippen LogP contribution in [0.15, 0.2) is 83.8 Å². The first-order chi connectivity index (χ1) is 15.0. The molecule has 3 aromatic rings. The number of hydrogen-bond donors (Lipinski definition) is 0. The highest BCUT2D eigenvalue weighted by Gasteiger charge is 2.36. The summed E-state index contributed by atoms with van der Waals surface area (Å²) in [7, 11) is 0. The third kappa shape index (κ3) is 4.65. The van der Waals surface area contributed by atoms with Gasteiger partial charge in [0.15, 0.2) is 0 Å². The minimum absolute atomic E-state index is 0.0322. The molecule has 8 heteroatoms. The molecule has 0 radical (unpaired) electrons. The van der Waals surface area contributed by atoms with Crippen LogP contribution in [0, 0.1) is 10.1 Å². The molecule has 0 saturated carbocycles. The zero-order chi connectivity index (χ0) is 21.8. The molecule has 2 amide bonds. The molecule has 154 valence electrons. The van der Waals surface area contributed by atoms with Gasteiger partial charge in [-0.1, -0.05) is 30.3 Å². The molecule has 0 unspecified atom stereocenters. The minimum atomic E-state index is -0.447. The number of para-hydroxylation sites is 1. The molecule has 4 rings (SSSR count). The summed E-state index contributed by atoms with van der Waals surface area (Å²) in [5.74, 6) is 0.271. The van der Waals surface area contributed by atoms with Gasteiger partial charge >= 0.3 is 0 Å². The molecule has 0 N–H and O–H groups in total. The van der Waals surface area contributed by atoms with Crippen molar-refractivity contribution >= 4 is 40.4 Å².